The minimum atomic E-state index is -1.13. The maximum Gasteiger partial charge on any atom is 0.283 e. The van der Waals surface area contributed by atoms with Gasteiger partial charge in [-0.3, -0.25) is 0 Å². The van der Waals surface area contributed by atoms with Crippen LogP contribution in [0.1, 0.15) is 11.1 Å². The molecule has 3 aromatic carbocycles. The Morgan fingerprint density at radius 1 is 1.13 bits per heavy atom. The van der Waals surface area contributed by atoms with Gasteiger partial charge in [0.05, 0.1) is 7.11 Å². The van der Waals surface area contributed by atoms with Gasteiger partial charge in [0.2, 0.25) is 0 Å². The third-order valence-electron chi connectivity index (χ3n) is 5.20. The Bertz CT molecular complexity index is 1200. The molecule has 0 unspecified atom stereocenters. The molecule has 3 aromatic rings. The maximum atomic E-state index is 14.6. The van der Waals surface area contributed by atoms with E-state index < -0.39 is 11.4 Å². The molecule has 1 atom stereocenters. The molecule has 7 nitrogen and oxygen atoms in total. The van der Waals surface area contributed by atoms with Gasteiger partial charge in [-0.05, 0) is 36.4 Å². The van der Waals surface area contributed by atoms with Crippen molar-refractivity contribution in [2.24, 2.45) is 10.7 Å². The van der Waals surface area contributed by atoms with Gasteiger partial charge in [-0.25, -0.2) is 9.38 Å². The SMILES string of the molecule is COc1cccc(Nc2ccc3c(c2)[C@@]2(COC(N)=N2)c2cc(O)cc(F)c2O3)c1. The van der Waals surface area contributed by atoms with Gasteiger partial charge in [-0.2, -0.15) is 0 Å². The van der Waals surface area contributed by atoms with E-state index >= 15 is 0 Å². The Morgan fingerprint density at radius 3 is 2.73 bits per heavy atom. The second-order valence-corrected chi connectivity index (χ2v) is 7.07. The topological polar surface area (TPSA) is 98.3 Å². The smallest absolute Gasteiger partial charge is 0.283 e. The van der Waals surface area contributed by atoms with Gasteiger partial charge < -0.3 is 30.4 Å². The minimum Gasteiger partial charge on any atom is -0.508 e. The number of hydrogen-bond donors (Lipinski definition) is 3. The van der Waals surface area contributed by atoms with Crippen LogP contribution in [0.4, 0.5) is 15.8 Å². The highest BCUT2D eigenvalue weighted by atomic mass is 19.1. The standard InChI is InChI=1S/C22H18FN3O4/c1-28-15-4-2-3-12(7-15)25-13-5-6-19-16(8-13)22(11-29-21(24)26-22)17-9-14(27)10-18(23)20(17)30-19/h2-10,25,27H,11H2,1H3,(H2,24,26)/t22-/m0/s1. The molecule has 0 saturated heterocycles. The second kappa shape index (κ2) is 6.55. The summed E-state index contributed by atoms with van der Waals surface area (Å²) in [7, 11) is 1.60. The van der Waals surface area contributed by atoms with Gasteiger partial charge in [0.25, 0.3) is 6.02 Å². The van der Waals surface area contributed by atoms with Crippen LogP contribution in [0.2, 0.25) is 0 Å². The molecular formula is C22H18FN3O4. The summed E-state index contributed by atoms with van der Waals surface area (Å²) in [6.45, 7) is 0.0632. The van der Waals surface area contributed by atoms with Gasteiger partial charge >= 0.3 is 0 Å². The number of aliphatic imine (C=N–C) groups is 1. The molecule has 4 N–H and O–H groups in total. The minimum absolute atomic E-state index is 0.00384. The van der Waals surface area contributed by atoms with E-state index in [9.17, 15) is 9.50 Å². The summed E-state index contributed by atoms with van der Waals surface area (Å²) in [5.74, 6) is 0.235. The van der Waals surface area contributed by atoms with Crippen molar-refractivity contribution in [3.63, 3.8) is 0 Å². The van der Waals surface area contributed by atoms with Crippen molar-refractivity contribution in [2.45, 2.75) is 5.54 Å². The summed E-state index contributed by atoms with van der Waals surface area (Å²) >= 11 is 0. The summed E-state index contributed by atoms with van der Waals surface area (Å²) in [6.07, 6.45) is 0. The molecule has 0 fully saturated rings. The first kappa shape index (κ1) is 18.1. The summed E-state index contributed by atoms with van der Waals surface area (Å²) < 4.78 is 31.1. The number of benzene rings is 3. The average Bonchev–Trinajstić information content (AvgIpc) is 3.12. The van der Waals surface area contributed by atoms with Crippen LogP contribution in [-0.4, -0.2) is 24.8 Å². The second-order valence-electron chi connectivity index (χ2n) is 7.07. The first-order chi connectivity index (χ1) is 14.5. The predicted octanol–water partition coefficient (Wildman–Crippen LogP) is 3.98. The molecule has 30 heavy (non-hydrogen) atoms. The van der Waals surface area contributed by atoms with Crippen molar-refractivity contribution in [3.8, 4) is 23.0 Å². The lowest BCUT2D eigenvalue weighted by Gasteiger charge is -2.33. The average molecular weight is 407 g/mol. The zero-order valence-corrected chi connectivity index (χ0v) is 16.0. The van der Waals surface area contributed by atoms with Gasteiger partial charge in [0, 0.05) is 34.6 Å². The molecule has 0 saturated carbocycles. The Balaban J connectivity index is 1.63. The lowest BCUT2D eigenvalue weighted by Crippen LogP contribution is -2.31. The van der Waals surface area contributed by atoms with E-state index in [1.807, 2.05) is 36.4 Å². The number of nitrogens with one attached hydrogen (secondary N) is 1. The van der Waals surface area contributed by atoms with Crippen molar-refractivity contribution in [3.05, 3.63) is 71.5 Å². The van der Waals surface area contributed by atoms with Gasteiger partial charge in [0.1, 0.15) is 23.9 Å². The van der Waals surface area contributed by atoms with Gasteiger partial charge in [-0.15, -0.1) is 0 Å². The fourth-order valence-electron chi connectivity index (χ4n) is 3.84. The molecule has 2 heterocycles. The number of hydrogen-bond acceptors (Lipinski definition) is 7. The molecule has 8 heteroatoms. The van der Waals surface area contributed by atoms with Crippen LogP contribution in [0, 0.1) is 5.82 Å². The van der Waals surface area contributed by atoms with E-state index in [1.54, 1.807) is 13.2 Å². The molecule has 0 aliphatic carbocycles. The van der Waals surface area contributed by atoms with Crippen molar-refractivity contribution in [1.82, 2.24) is 0 Å². The molecule has 0 amide bonds. The number of phenols is 1. The number of rotatable bonds is 3. The number of nitrogens with zero attached hydrogens (tertiary/aromatic N) is 1. The highest BCUT2D eigenvalue weighted by molar-refractivity contribution is 5.77. The highest BCUT2D eigenvalue weighted by Gasteiger charge is 2.48. The third kappa shape index (κ3) is 2.76. The van der Waals surface area contributed by atoms with Crippen LogP contribution in [0.25, 0.3) is 0 Å². The normalized spacial score (nSPS) is 18.7. The van der Waals surface area contributed by atoms with E-state index in [4.69, 9.17) is 19.9 Å². The molecule has 1 spiro atoms. The number of anilines is 2. The van der Waals surface area contributed by atoms with Crippen LogP contribution in [0.5, 0.6) is 23.0 Å². The number of phenolic OH excluding ortho intramolecular Hbond substituents is 1. The summed E-state index contributed by atoms with van der Waals surface area (Å²) in [5, 5.41) is 13.3. The van der Waals surface area contributed by atoms with Crippen molar-refractivity contribution in [1.29, 1.82) is 0 Å². The number of halogens is 1. The van der Waals surface area contributed by atoms with Crippen LogP contribution >= 0.6 is 0 Å². The molecule has 5 rings (SSSR count). The van der Waals surface area contributed by atoms with Crippen LogP contribution in [0.15, 0.2) is 59.6 Å². The lowest BCUT2D eigenvalue weighted by molar-refractivity contribution is 0.261. The van der Waals surface area contributed by atoms with Crippen molar-refractivity contribution in [2.75, 3.05) is 19.0 Å². The Morgan fingerprint density at radius 2 is 1.97 bits per heavy atom. The number of methoxy groups -OCH3 is 1. The monoisotopic (exact) mass is 407 g/mol. The lowest BCUT2D eigenvalue weighted by atomic mass is 9.81. The fourth-order valence-corrected chi connectivity index (χ4v) is 3.84. The zero-order chi connectivity index (χ0) is 20.9. The molecule has 2 aliphatic rings. The number of amidine groups is 1. The zero-order valence-electron chi connectivity index (χ0n) is 16.0. The molecule has 0 radical (unpaired) electrons. The first-order valence-electron chi connectivity index (χ1n) is 9.23. The van der Waals surface area contributed by atoms with Crippen molar-refractivity contribution < 1.29 is 23.7 Å². The van der Waals surface area contributed by atoms with Crippen LogP contribution in [0.3, 0.4) is 0 Å². The number of nitrogens with two attached hydrogens (primary N) is 1. The Hall–Kier alpha value is -3.94. The molecule has 0 bridgehead atoms. The highest BCUT2D eigenvalue weighted by Crippen LogP contribution is 2.53. The van der Waals surface area contributed by atoms with Gasteiger partial charge in [0.15, 0.2) is 17.1 Å². The van der Waals surface area contributed by atoms with E-state index in [-0.39, 0.29) is 24.1 Å². The summed E-state index contributed by atoms with van der Waals surface area (Å²) in [6, 6.07) is 15.3. The summed E-state index contributed by atoms with van der Waals surface area (Å²) in [5.41, 5.74) is 7.29. The third-order valence-corrected chi connectivity index (χ3v) is 5.20. The van der Waals surface area contributed by atoms with E-state index in [1.165, 1.54) is 6.07 Å². The fraction of sp³-hybridized carbons (Fsp3) is 0.136. The number of fused-ring (bicyclic) bond motifs is 4. The quantitative estimate of drug-likeness (QED) is 0.608. The van der Waals surface area contributed by atoms with E-state index in [0.717, 1.165) is 23.2 Å². The predicted molar refractivity (Wildman–Crippen MR) is 109 cm³/mol. The van der Waals surface area contributed by atoms with Gasteiger partial charge in [-0.1, -0.05) is 6.07 Å². The van der Waals surface area contributed by atoms with Crippen LogP contribution in [-0.2, 0) is 10.3 Å². The maximum absolute atomic E-state index is 14.6. The number of aromatic hydroxyl groups is 1. The van der Waals surface area contributed by atoms with E-state index in [0.29, 0.717) is 16.9 Å². The van der Waals surface area contributed by atoms with E-state index in [2.05, 4.69) is 10.3 Å². The van der Waals surface area contributed by atoms with Crippen LogP contribution < -0.4 is 20.5 Å². The Kier molecular flexibility index (Phi) is 3.95. The molecule has 0 aromatic heterocycles. The largest absolute Gasteiger partial charge is 0.508 e. The molecule has 2 aliphatic heterocycles. The molecule has 152 valence electrons. The van der Waals surface area contributed by atoms with Crippen molar-refractivity contribution >= 4 is 17.4 Å². The summed E-state index contributed by atoms with van der Waals surface area (Å²) in [4.78, 5) is 4.49. The molecular weight excluding hydrogens is 389 g/mol. The number of ether oxygens (including phenoxy) is 3. The Labute approximate surface area is 171 Å². The first-order valence-corrected chi connectivity index (χ1v) is 9.23.